The summed E-state index contributed by atoms with van der Waals surface area (Å²) >= 11 is 3.45. The minimum Gasteiger partial charge on any atom is -0.372 e. The van der Waals surface area contributed by atoms with Gasteiger partial charge >= 0.3 is 0 Å². The molecule has 1 aromatic rings. The smallest absolute Gasteiger partial charge is 0.0949 e. The van der Waals surface area contributed by atoms with Crippen LogP contribution in [0.2, 0.25) is 0 Å². The van der Waals surface area contributed by atoms with E-state index in [-0.39, 0.29) is 6.10 Å². The summed E-state index contributed by atoms with van der Waals surface area (Å²) in [5.74, 6) is 0. The Morgan fingerprint density at radius 2 is 1.94 bits per heavy atom. The summed E-state index contributed by atoms with van der Waals surface area (Å²) in [7, 11) is 0. The van der Waals surface area contributed by atoms with Gasteiger partial charge in [-0.2, -0.15) is 0 Å². The number of ether oxygens (including phenoxy) is 1. The predicted molar refractivity (Wildman–Crippen MR) is 76.3 cm³/mol. The van der Waals surface area contributed by atoms with Crippen LogP contribution in [0, 0.1) is 0 Å². The summed E-state index contributed by atoms with van der Waals surface area (Å²) in [5.41, 5.74) is 1.24. The third-order valence-electron chi connectivity index (χ3n) is 2.64. The van der Waals surface area contributed by atoms with Crippen LogP contribution < -0.4 is 5.32 Å². The van der Waals surface area contributed by atoms with Crippen LogP contribution >= 0.6 is 15.9 Å². The zero-order valence-electron chi connectivity index (χ0n) is 10.7. The topological polar surface area (TPSA) is 21.3 Å². The largest absolute Gasteiger partial charge is 0.372 e. The highest BCUT2D eigenvalue weighted by Crippen LogP contribution is 2.20. The maximum Gasteiger partial charge on any atom is 0.0949 e. The van der Waals surface area contributed by atoms with Gasteiger partial charge in [0, 0.05) is 17.6 Å². The number of hydrogen-bond donors (Lipinski definition) is 1. The van der Waals surface area contributed by atoms with Gasteiger partial charge in [-0.15, -0.1) is 0 Å². The van der Waals surface area contributed by atoms with Crippen molar-refractivity contribution >= 4 is 15.9 Å². The lowest BCUT2D eigenvalue weighted by Crippen LogP contribution is -2.23. The molecule has 0 saturated heterocycles. The van der Waals surface area contributed by atoms with Crippen LogP contribution in [0.5, 0.6) is 0 Å². The second-order valence-corrected chi connectivity index (χ2v) is 4.99. The van der Waals surface area contributed by atoms with Crippen LogP contribution in [0.1, 0.15) is 38.4 Å². The molecule has 1 aromatic carbocycles. The van der Waals surface area contributed by atoms with E-state index in [0.717, 1.165) is 30.6 Å². The third-order valence-corrected chi connectivity index (χ3v) is 3.17. The first-order valence-electron chi connectivity index (χ1n) is 6.35. The quantitative estimate of drug-likeness (QED) is 0.735. The fraction of sp³-hybridized carbons (Fsp3) is 0.571. The van der Waals surface area contributed by atoms with E-state index >= 15 is 0 Å². The average molecular weight is 300 g/mol. The first kappa shape index (κ1) is 14.7. The fourth-order valence-corrected chi connectivity index (χ4v) is 1.86. The van der Waals surface area contributed by atoms with Crippen LogP contribution in [0.15, 0.2) is 28.7 Å². The van der Waals surface area contributed by atoms with Gasteiger partial charge in [-0.1, -0.05) is 48.3 Å². The zero-order valence-corrected chi connectivity index (χ0v) is 12.3. The Morgan fingerprint density at radius 3 is 2.53 bits per heavy atom. The molecule has 0 aliphatic rings. The van der Waals surface area contributed by atoms with Crippen molar-refractivity contribution in [1.29, 1.82) is 0 Å². The molecule has 17 heavy (non-hydrogen) atoms. The summed E-state index contributed by atoms with van der Waals surface area (Å²) in [4.78, 5) is 0. The molecule has 0 aliphatic carbocycles. The predicted octanol–water partition coefficient (Wildman–Crippen LogP) is 3.92. The van der Waals surface area contributed by atoms with Crippen molar-refractivity contribution < 1.29 is 4.74 Å². The first-order chi connectivity index (χ1) is 8.27. The Labute approximate surface area is 113 Å². The number of rotatable bonds is 8. The van der Waals surface area contributed by atoms with E-state index in [1.54, 1.807) is 0 Å². The molecular weight excluding hydrogens is 278 g/mol. The van der Waals surface area contributed by atoms with Gasteiger partial charge in [0.25, 0.3) is 0 Å². The second-order valence-electron chi connectivity index (χ2n) is 4.07. The van der Waals surface area contributed by atoms with Gasteiger partial charge in [0.2, 0.25) is 0 Å². The molecule has 0 fully saturated rings. The maximum absolute atomic E-state index is 5.93. The van der Waals surface area contributed by atoms with Crippen molar-refractivity contribution in [2.45, 2.75) is 32.8 Å². The molecule has 0 aromatic heterocycles. The third kappa shape index (κ3) is 5.66. The van der Waals surface area contributed by atoms with Crippen LogP contribution in [0.25, 0.3) is 0 Å². The van der Waals surface area contributed by atoms with Gasteiger partial charge < -0.3 is 10.1 Å². The Morgan fingerprint density at radius 1 is 1.24 bits per heavy atom. The van der Waals surface area contributed by atoms with Crippen molar-refractivity contribution in [2.75, 3.05) is 19.7 Å². The van der Waals surface area contributed by atoms with Gasteiger partial charge in [0.15, 0.2) is 0 Å². The number of hydrogen-bond acceptors (Lipinski definition) is 2. The molecular formula is C14H22BrNO. The lowest BCUT2D eigenvalue weighted by atomic mass is 10.1. The van der Waals surface area contributed by atoms with Crippen LogP contribution in [0.4, 0.5) is 0 Å². The zero-order chi connectivity index (χ0) is 12.5. The lowest BCUT2D eigenvalue weighted by molar-refractivity contribution is 0.0510. The van der Waals surface area contributed by atoms with Crippen molar-refractivity contribution in [1.82, 2.24) is 5.32 Å². The molecule has 0 saturated carbocycles. The van der Waals surface area contributed by atoms with Crippen molar-refractivity contribution in [3.05, 3.63) is 34.3 Å². The van der Waals surface area contributed by atoms with Crippen LogP contribution in [-0.4, -0.2) is 19.7 Å². The van der Waals surface area contributed by atoms with Crippen molar-refractivity contribution in [2.24, 2.45) is 0 Å². The summed E-state index contributed by atoms with van der Waals surface area (Å²) < 4.78 is 7.04. The number of unbranched alkanes of at least 4 members (excludes halogenated alkanes) is 1. The Balaban J connectivity index is 2.57. The Bertz CT molecular complexity index is 300. The van der Waals surface area contributed by atoms with Crippen LogP contribution in [0.3, 0.4) is 0 Å². The highest BCUT2D eigenvalue weighted by atomic mass is 79.9. The van der Waals surface area contributed by atoms with E-state index in [0.29, 0.717) is 0 Å². The van der Waals surface area contributed by atoms with Gasteiger partial charge in [0.05, 0.1) is 6.10 Å². The summed E-state index contributed by atoms with van der Waals surface area (Å²) in [5, 5.41) is 3.35. The van der Waals surface area contributed by atoms with E-state index in [1.807, 2.05) is 0 Å². The van der Waals surface area contributed by atoms with E-state index < -0.39 is 0 Å². The van der Waals surface area contributed by atoms with E-state index in [2.05, 4.69) is 59.4 Å². The molecule has 0 spiro atoms. The SMILES string of the molecule is CCCCOC(CNCC)c1ccc(Br)cc1. The molecule has 1 atom stereocenters. The van der Waals surface area contributed by atoms with Crippen molar-refractivity contribution in [3.63, 3.8) is 0 Å². The number of halogens is 1. The molecule has 1 N–H and O–H groups in total. The lowest BCUT2D eigenvalue weighted by Gasteiger charge is -2.18. The number of likely N-dealkylation sites (N-methyl/N-ethyl adjacent to an activating group) is 1. The molecule has 0 radical (unpaired) electrons. The van der Waals surface area contributed by atoms with Gasteiger partial charge in [0.1, 0.15) is 0 Å². The van der Waals surface area contributed by atoms with E-state index in [1.165, 1.54) is 12.0 Å². The van der Waals surface area contributed by atoms with Gasteiger partial charge in [-0.3, -0.25) is 0 Å². The molecule has 3 heteroatoms. The van der Waals surface area contributed by atoms with Crippen molar-refractivity contribution in [3.8, 4) is 0 Å². The first-order valence-corrected chi connectivity index (χ1v) is 7.15. The van der Waals surface area contributed by atoms with E-state index in [9.17, 15) is 0 Å². The summed E-state index contributed by atoms with van der Waals surface area (Å²) in [6, 6.07) is 8.38. The molecule has 0 heterocycles. The highest BCUT2D eigenvalue weighted by Gasteiger charge is 2.10. The monoisotopic (exact) mass is 299 g/mol. The molecule has 96 valence electrons. The van der Waals surface area contributed by atoms with Gasteiger partial charge in [-0.25, -0.2) is 0 Å². The molecule has 2 nitrogen and oxygen atoms in total. The molecule has 0 amide bonds. The second kappa shape index (κ2) is 8.67. The highest BCUT2D eigenvalue weighted by molar-refractivity contribution is 9.10. The molecule has 1 unspecified atom stereocenters. The normalized spacial score (nSPS) is 12.6. The minimum atomic E-state index is 0.162. The van der Waals surface area contributed by atoms with Gasteiger partial charge in [-0.05, 0) is 30.7 Å². The van der Waals surface area contributed by atoms with E-state index in [4.69, 9.17) is 4.74 Å². The number of nitrogens with one attached hydrogen (secondary N) is 1. The fourth-order valence-electron chi connectivity index (χ4n) is 1.60. The molecule has 0 bridgehead atoms. The molecule has 1 rings (SSSR count). The summed E-state index contributed by atoms with van der Waals surface area (Å²) in [6.07, 6.45) is 2.46. The maximum atomic E-state index is 5.93. The summed E-state index contributed by atoms with van der Waals surface area (Å²) in [6.45, 7) is 6.99. The van der Waals surface area contributed by atoms with Crippen LogP contribution in [-0.2, 0) is 4.74 Å². The molecule has 0 aliphatic heterocycles. The minimum absolute atomic E-state index is 0.162. The average Bonchev–Trinajstić information content (AvgIpc) is 2.35. The Hall–Kier alpha value is -0.380. The Kier molecular flexibility index (Phi) is 7.49. The standard InChI is InChI=1S/C14H22BrNO/c1-3-5-10-17-14(11-16-4-2)12-6-8-13(15)9-7-12/h6-9,14,16H,3-5,10-11H2,1-2H3. The number of benzene rings is 1.